The molecule has 36 heavy (non-hydrogen) atoms. The van der Waals surface area contributed by atoms with E-state index in [0.29, 0.717) is 24.3 Å². The molecule has 3 N–H and O–H groups in total. The molecule has 1 aliphatic heterocycles. The third-order valence-electron chi connectivity index (χ3n) is 5.78. The molecule has 1 aliphatic rings. The minimum Gasteiger partial charge on any atom is -0.465 e. The number of rotatable bonds is 10. The van der Waals surface area contributed by atoms with Crippen molar-refractivity contribution in [3.63, 3.8) is 0 Å². The van der Waals surface area contributed by atoms with Crippen LogP contribution in [0.4, 0.5) is 5.69 Å². The van der Waals surface area contributed by atoms with E-state index in [1.54, 1.807) is 29.2 Å². The van der Waals surface area contributed by atoms with E-state index in [1.165, 1.54) is 0 Å². The minimum absolute atomic E-state index is 0.0724. The number of ether oxygens (including phenoxy) is 1. The van der Waals surface area contributed by atoms with Crippen LogP contribution in [0.15, 0.2) is 54.6 Å². The fraction of sp³-hybridized carbons (Fsp3) is 0.407. The number of nitrogens with one attached hydrogen (secondary N) is 3. The van der Waals surface area contributed by atoms with Crippen LogP contribution >= 0.6 is 0 Å². The second kappa shape index (κ2) is 12.8. The van der Waals surface area contributed by atoms with Crippen LogP contribution in [0.5, 0.6) is 0 Å². The highest BCUT2D eigenvalue weighted by atomic mass is 16.5. The Labute approximate surface area is 211 Å². The van der Waals surface area contributed by atoms with Gasteiger partial charge in [-0.05, 0) is 36.6 Å². The first-order valence-electron chi connectivity index (χ1n) is 12.2. The lowest BCUT2D eigenvalue weighted by atomic mass is 10.1. The van der Waals surface area contributed by atoms with Crippen molar-refractivity contribution in [2.75, 3.05) is 31.6 Å². The Hall–Kier alpha value is -3.72. The summed E-state index contributed by atoms with van der Waals surface area (Å²) in [5.74, 6) is -1.19. The van der Waals surface area contributed by atoms with E-state index >= 15 is 0 Å². The van der Waals surface area contributed by atoms with Crippen molar-refractivity contribution >= 4 is 29.4 Å². The average molecular weight is 495 g/mol. The number of carbonyl (C=O) groups is 4. The zero-order valence-electron chi connectivity index (χ0n) is 21.0. The lowest BCUT2D eigenvalue weighted by Crippen LogP contribution is -2.57. The van der Waals surface area contributed by atoms with E-state index in [9.17, 15) is 19.2 Å². The lowest BCUT2D eigenvalue weighted by Gasteiger charge is -2.33. The molecule has 0 radical (unpaired) electrons. The number of benzene rings is 2. The predicted molar refractivity (Wildman–Crippen MR) is 136 cm³/mol. The number of esters is 1. The number of hydrogen-bond donors (Lipinski definition) is 3. The molecule has 1 saturated heterocycles. The lowest BCUT2D eigenvalue weighted by molar-refractivity contribution is -0.149. The molecule has 2 aromatic carbocycles. The summed E-state index contributed by atoms with van der Waals surface area (Å²) in [6, 6.07) is 15.4. The van der Waals surface area contributed by atoms with Crippen molar-refractivity contribution in [1.29, 1.82) is 0 Å². The molecule has 0 aromatic heterocycles. The van der Waals surface area contributed by atoms with Gasteiger partial charge in [0.15, 0.2) is 0 Å². The molecule has 0 saturated carbocycles. The van der Waals surface area contributed by atoms with Crippen LogP contribution in [0.3, 0.4) is 0 Å². The van der Waals surface area contributed by atoms with E-state index in [-0.39, 0.29) is 49.3 Å². The van der Waals surface area contributed by atoms with Crippen LogP contribution in [0, 0.1) is 5.92 Å². The van der Waals surface area contributed by atoms with Gasteiger partial charge in [-0.25, -0.2) is 0 Å². The van der Waals surface area contributed by atoms with Gasteiger partial charge in [0, 0.05) is 24.3 Å². The maximum atomic E-state index is 12.8. The molecule has 1 heterocycles. The third-order valence-corrected chi connectivity index (χ3v) is 5.78. The van der Waals surface area contributed by atoms with E-state index in [0.717, 1.165) is 5.56 Å². The van der Waals surface area contributed by atoms with Gasteiger partial charge in [0.25, 0.3) is 5.91 Å². The number of hydrogen-bond acceptors (Lipinski definition) is 6. The number of piperazine rings is 1. The van der Waals surface area contributed by atoms with Crippen molar-refractivity contribution in [3.8, 4) is 0 Å². The van der Waals surface area contributed by atoms with Crippen LogP contribution in [-0.4, -0.2) is 60.9 Å². The van der Waals surface area contributed by atoms with E-state index in [2.05, 4.69) is 16.0 Å². The zero-order valence-corrected chi connectivity index (χ0v) is 21.0. The summed E-state index contributed by atoms with van der Waals surface area (Å²) in [5.41, 5.74) is 1.87. The van der Waals surface area contributed by atoms with Crippen LogP contribution in [-0.2, 0) is 19.1 Å². The molecular formula is C27H34N4O5. The van der Waals surface area contributed by atoms with Crippen LogP contribution in [0.1, 0.15) is 49.2 Å². The van der Waals surface area contributed by atoms with Gasteiger partial charge >= 0.3 is 5.97 Å². The summed E-state index contributed by atoms with van der Waals surface area (Å²) >= 11 is 0. The summed E-state index contributed by atoms with van der Waals surface area (Å²) in [5, 5.41) is 8.48. The molecule has 2 unspecified atom stereocenters. The maximum Gasteiger partial charge on any atom is 0.307 e. The molecule has 0 aliphatic carbocycles. The van der Waals surface area contributed by atoms with E-state index in [1.807, 2.05) is 51.1 Å². The molecule has 9 heteroatoms. The van der Waals surface area contributed by atoms with Gasteiger partial charge in [0.1, 0.15) is 6.04 Å². The van der Waals surface area contributed by atoms with Gasteiger partial charge in [-0.3, -0.25) is 24.1 Å². The van der Waals surface area contributed by atoms with Gasteiger partial charge in [0.2, 0.25) is 11.8 Å². The van der Waals surface area contributed by atoms with Crippen LogP contribution in [0.2, 0.25) is 0 Å². The highest BCUT2D eigenvalue weighted by Gasteiger charge is 2.33. The van der Waals surface area contributed by atoms with Crippen molar-refractivity contribution < 1.29 is 23.9 Å². The first-order valence-corrected chi connectivity index (χ1v) is 12.2. The molecule has 3 amide bonds. The van der Waals surface area contributed by atoms with E-state index < -0.39 is 12.0 Å². The highest BCUT2D eigenvalue weighted by Crippen LogP contribution is 2.16. The number of carbonyl (C=O) groups excluding carboxylic acids is 4. The standard InChI is InChI=1S/C27H34N4O5/c1-18(2)17-36-25(33)15-23-27(35)28-12-13-31(23)16-24(32)30-22-11-7-10-21(14-22)26(34)29-19(3)20-8-5-4-6-9-20/h4-11,14,18-19,23H,12-13,15-17H2,1-3H3,(H,28,35)(H,29,34)(H,30,32). The van der Waals surface area contributed by atoms with Crippen LogP contribution < -0.4 is 16.0 Å². The van der Waals surface area contributed by atoms with E-state index in [4.69, 9.17) is 4.74 Å². The zero-order chi connectivity index (χ0) is 26.1. The quantitative estimate of drug-likeness (QED) is 0.437. The Balaban J connectivity index is 1.58. The maximum absolute atomic E-state index is 12.8. The predicted octanol–water partition coefficient (Wildman–Crippen LogP) is 2.51. The van der Waals surface area contributed by atoms with Crippen molar-refractivity contribution in [3.05, 3.63) is 65.7 Å². The fourth-order valence-electron chi connectivity index (χ4n) is 3.88. The number of amides is 3. The SMILES string of the molecule is CC(C)COC(=O)CC1C(=O)NCCN1CC(=O)Nc1cccc(C(=O)NC(C)c2ccccc2)c1. The summed E-state index contributed by atoms with van der Waals surface area (Å²) in [4.78, 5) is 51.8. The van der Waals surface area contributed by atoms with Crippen LogP contribution in [0.25, 0.3) is 0 Å². The average Bonchev–Trinajstić information content (AvgIpc) is 2.85. The Morgan fingerprint density at radius 1 is 1.08 bits per heavy atom. The first-order chi connectivity index (χ1) is 17.2. The van der Waals surface area contributed by atoms with Gasteiger partial charge in [-0.2, -0.15) is 0 Å². The summed E-state index contributed by atoms with van der Waals surface area (Å²) in [6.45, 7) is 6.79. The van der Waals surface area contributed by atoms with Crippen molar-refractivity contribution in [1.82, 2.24) is 15.5 Å². The molecule has 3 rings (SSSR count). The fourth-order valence-corrected chi connectivity index (χ4v) is 3.88. The monoisotopic (exact) mass is 494 g/mol. The smallest absolute Gasteiger partial charge is 0.307 e. The molecule has 0 spiro atoms. The van der Waals surface area contributed by atoms with Gasteiger partial charge in [0.05, 0.1) is 25.6 Å². The minimum atomic E-state index is -0.777. The summed E-state index contributed by atoms with van der Waals surface area (Å²) < 4.78 is 5.21. The Bertz CT molecular complexity index is 1070. The second-order valence-electron chi connectivity index (χ2n) is 9.29. The van der Waals surface area contributed by atoms with Gasteiger partial charge in [-0.1, -0.05) is 50.2 Å². The second-order valence-corrected chi connectivity index (χ2v) is 9.29. The Morgan fingerprint density at radius 3 is 2.56 bits per heavy atom. The number of nitrogens with zero attached hydrogens (tertiary/aromatic N) is 1. The molecule has 0 bridgehead atoms. The molecular weight excluding hydrogens is 460 g/mol. The highest BCUT2D eigenvalue weighted by molar-refractivity contribution is 5.98. The Kier molecular flexibility index (Phi) is 9.58. The normalized spacial score (nSPS) is 16.7. The van der Waals surface area contributed by atoms with Gasteiger partial charge in [-0.15, -0.1) is 0 Å². The summed E-state index contributed by atoms with van der Waals surface area (Å²) in [7, 11) is 0. The van der Waals surface area contributed by atoms with Crippen molar-refractivity contribution in [2.45, 2.75) is 39.3 Å². The largest absolute Gasteiger partial charge is 0.465 e. The Morgan fingerprint density at radius 2 is 1.83 bits per heavy atom. The third kappa shape index (κ3) is 7.91. The molecule has 2 aromatic rings. The molecule has 9 nitrogen and oxygen atoms in total. The number of anilines is 1. The molecule has 192 valence electrons. The summed E-state index contributed by atoms with van der Waals surface area (Å²) in [6.07, 6.45) is -0.124. The molecule has 2 atom stereocenters. The first kappa shape index (κ1) is 26.9. The topological polar surface area (TPSA) is 117 Å². The molecule has 1 fully saturated rings. The van der Waals surface area contributed by atoms with Gasteiger partial charge < -0.3 is 20.7 Å². The van der Waals surface area contributed by atoms with Crippen molar-refractivity contribution in [2.24, 2.45) is 5.92 Å².